The van der Waals surface area contributed by atoms with Crippen molar-refractivity contribution in [1.82, 2.24) is 15.5 Å². The van der Waals surface area contributed by atoms with Crippen molar-refractivity contribution in [3.63, 3.8) is 0 Å². The molecule has 0 aliphatic carbocycles. The lowest BCUT2D eigenvalue weighted by molar-refractivity contribution is 0.404. The van der Waals surface area contributed by atoms with Gasteiger partial charge in [-0.15, -0.1) is 0 Å². The van der Waals surface area contributed by atoms with Crippen molar-refractivity contribution in [2.75, 3.05) is 4.90 Å². The summed E-state index contributed by atoms with van der Waals surface area (Å²) >= 11 is 5.54. The van der Waals surface area contributed by atoms with E-state index in [1.165, 1.54) is 29.2 Å². The molecule has 3 aromatic carbocycles. The minimum absolute atomic E-state index is 0.169. The smallest absolute Gasteiger partial charge is 0.258 e. The van der Waals surface area contributed by atoms with Crippen LogP contribution in [0.4, 0.5) is 18.9 Å². The summed E-state index contributed by atoms with van der Waals surface area (Å²) < 4.78 is 47.7. The van der Waals surface area contributed by atoms with E-state index in [1.807, 2.05) is 30.3 Å². The number of thiocarbonyl (C=S) groups is 1. The Labute approximate surface area is 198 Å². The van der Waals surface area contributed by atoms with Gasteiger partial charge in [0.25, 0.3) is 5.89 Å². The molecule has 0 spiro atoms. The highest BCUT2D eigenvalue weighted by Gasteiger charge is 2.35. The summed E-state index contributed by atoms with van der Waals surface area (Å²) in [5.74, 6) is -1.38. The third-order valence-electron chi connectivity index (χ3n) is 5.46. The van der Waals surface area contributed by atoms with Crippen molar-refractivity contribution in [3.8, 4) is 11.4 Å². The molecule has 5 rings (SSSR count). The first kappa shape index (κ1) is 21.8. The highest BCUT2D eigenvalue weighted by atomic mass is 32.1. The molecule has 1 unspecified atom stereocenters. The van der Waals surface area contributed by atoms with E-state index in [2.05, 4.69) is 15.5 Å². The lowest BCUT2D eigenvalue weighted by Gasteiger charge is -2.37. The van der Waals surface area contributed by atoms with Gasteiger partial charge in [0, 0.05) is 17.3 Å². The zero-order valence-corrected chi connectivity index (χ0v) is 18.6. The number of halogens is 3. The van der Waals surface area contributed by atoms with Gasteiger partial charge in [-0.1, -0.05) is 47.6 Å². The monoisotopic (exact) mass is 478 g/mol. The number of aromatic nitrogens is 2. The molecular weight excluding hydrogens is 461 g/mol. The van der Waals surface area contributed by atoms with Crippen molar-refractivity contribution in [3.05, 3.63) is 107 Å². The van der Waals surface area contributed by atoms with Crippen LogP contribution in [0.5, 0.6) is 0 Å². The first-order valence-corrected chi connectivity index (χ1v) is 10.7. The van der Waals surface area contributed by atoms with Crippen LogP contribution in [0.15, 0.2) is 83.0 Å². The van der Waals surface area contributed by atoms with Gasteiger partial charge in [0.2, 0.25) is 5.82 Å². The van der Waals surface area contributed by atoms with Crippen molar-refractivity contribution in [2.24, 2.45) is 0 Å². The molecule has 1 atom stereocenters. The standard InChI is InChI=1S/C25H17F3N4OS/c1-14-21(24-30-23(31-33-24)15-6-3-2-4-7-15)22(16-8-5-9-17(26)10-16)29-25(34)32(14)20-12-18(27)11-19(28)13-20/h2-13,22H,1H3,(H,29,34). The lowest BCUT2D eigenvalue weighted by Crippen LogP contribution is -2.46. The Morgan fingerprint density at radius 1 is 0.912 bits per heavy atom. The van der Waals surface area contributed by atoms with Crippen LogP contribution in [0.2, 0.25) is 0 Å². The number of hydrogen-bond acceptors (Lipinski definition) is 4. The maximum absolute atomic E-state index is 14.1. The maximum atomic E-state index is 14.1. The Kier molecular flexibility index (Phi) is 5.62. The summed E-state index contributed by atoms with van der Waals surface area (Å²) in [6.45, 7) is 1.73. The fraction of sp³-hybridized carbons (Fsp3) is 0.0800. The van der Waals surface area contributed by atoms with Gasteiger partial charge < -0.3 is 9.84 Å². The highest BCUT2D eigenvalue weighted by molar-refractivity contribution is 7.80. The molecule has 9 heteroatoms. The van der Waals surface area contributed by atoms with Gasteiger partial charge in [-0.2, -0.15) is 4.98 Å². The minimum Gasteiger partial charge on any atom is -0.351 e. The summed E-state index contributed by atoms with van der Waals surface area (Å²) in [5, 5.41) is 7.41. The molecule has 1 aliphatic heterocycles. The first-order chi connectivity index (χ1) is 16.4. The third-order valence-corrected chi connectivity index (χ3v) is 5.76. The number of anilines is 1. The van der Waals surface area contributed by atoms with Crippen LogP contribution in [0.1, 0.15) is 24.4 Å². The summed E-state index contributed by atoms with van der Waals surface area (Å²) in [5.41, 5.74) is 2.51. The SMILES string of the molecule is CC1=C(c2nc(-c3ccccc3)no2)C(c2cccc(F)c2)NC(=S)N1c1cc(F)cc(F)c1. The van der Waals surface area contributed by atoms with Crippen molar-refractivity contribution >= 4 is 28.6 Å². The van der Waals surface area contributed by atoms with Gasteiger partial charge in [-0.3, -0.25) is 4.90 Å². The molecule has 0 amide bonds. The van der Waals surface area contributed by atoms with Crippen LogP contribution in [0, 0.1) is 17.5 Å². The summed E-state index contributed by atoms with van der Waals surface area (Å²) in [4.78, 5) is 6.04. The molecular formula is C25H17F3N4OS. The number of rotatable bonds is 4. The lowest BCUT2D eigenvalue weighted by atomic mass is 9.94. The van der Waals surface area contributed by atoms with E-state index in [4.69, 9.17) is 16.7 Å². The molecule has 1 aliphatic rings. The van der Waals surface area contributed by atoms with Gasteiger partial charge in [0.15, 0.2) is 5.11 Å². The summed E-state index contributed by atoms with van der Waals surface area (Å²) in [6.07, 6.45) is 0. The van der Waals surface area contributed by atoms with E-state index in [0.29, 0.717) is 22.7 Å². The fourth-order valence-electron chi connectivity index (χ4n) is 3.97. The number of nitrogens with one attached hydrogen (secondary N) is 1. The Balaban J connectivity index is 1.68. The number of benzene rings is 3. The highest BCUT2D eigenvalue weighted by Crippen LogP contribution is 2.39. The number of nitrogens with zero attached hydrogens (tertiary/aromatic N) is 3. The molecule has 0 saturated heterocycles. The maximum Gasteiger partial charge on any atom is 0.258 e. The molecule has 170 valence electrons. The largest absolute Gasteiger partial charge is 0.351 e. The van der Waals surface area contributed by atoms with Gasteiger partial charge in [0.05, 0.1) is 17.3 Å². The molecule has 0 radical (unpaired) electrons. The molecule has 1 aromatic heterocycles. The van der Waals surface area contributed by atoms with Crippen LogP contribution in [-0.2, 0) is 0 Å². The van der Waals surface area contributed by atoms with Gasteiger partial charge in [-0.25, -0.2) is 13.2 Å². The fourth-order valence-corrected chi connectivity index (χ4v) is 4.33. The van der Waals surface area contributed by atoms with Gasteiger partial charge >= 0.3 is 0 Å². The van der Waals surface area contributed by atoms with Crippen LogP contribution >= 0.6 is 12.2 Å². The molecule has 1 N–H and O–H groups in total. The zero-order chi connectivity index (χ0) is 23.8. The van der Waals surface area contributed by atoms with Crippen LogP contribution in [0.3, 0.4) is 0 Å². The average Bonchev–Trinajstić information content (AvgIpc) is 3.28. The van der Waals surface area contributed by atoms with Gasteiger partial charge in [-0.05, 0) is 49.0 Å². The molecule has 0 saturated carbocycles. The van der Waals surface area contributed by atoms with E-state index in [-0.39, 0.29) is 16.7 Å². The quantitative estimate of drug-likeness (QED) is 0.362. The summed E-state index contributed by atoms with van der Waals surface area (Å²) in [6, 6.07) is 17.8. The Bertz CT molecular complexity index is 1400. The van der Waals surface area contributed by atoms with E-state index in [0.717, 1.165) is 11.6 Å². The molecule has 0 fully saturated rings. The third kappa shape index (κ3) is 4.06. The minimum atomic E-state index is -0.747. The number of hydrogen-bond donors (Lipinski definition) is 1. The van der Waals surface area contributed by atoms with Crippen LogP contribution in [-0.4, -0.2) is 15.3 Å². The molecule has 4 aromatic rings. The molecule has 0 bridgehead atoms. The van der Waals surface area contributed by atoms with Crippen molar-refractivity contribution in [1.29, 1.82) is 0 Å². The predicted molar refractivity (Wildman–Crippen MR) is 126 cm³/mol. The summed E-state index contributed by atoms with van der Waals surface area (Å²) in [7, 11) is 0. The number of allylic oxidation sites excluding steroid dienone is 1. The Morgan fingerprint density at radius 3 is 2.35 bits per heavy atom. The van der Waals surface area contributed by atoms with Crippen molar-refractivity contribution in [2.45, 2.75) is 13.0 Å². The van der Waals surface area contributed by atoms with Crippen LogP contribution in [0.25, 0.3) is 17.0 Å². The average molecular weight is 478 g/mol. The van der Waals surface area contributed by atoms with E-state index >= 15 is 0 Å². The Hall–Kier alpha value is -3.98. The normalized spacial score (nSPS) is 16.1. The first-order valence-electron chi connectivity index (χ1n) is 10.3. The predicted octanol–water partition coefficient (Wildman–Crippen LogP) is 6.02. The molecule has 34 heavy (non-hydrogen) atoms. The van der Waals surface area contributed by atoms with E-state index in [1.54, 1.807) is 19.1 Å². The van der Waals surface area contributed by atoms with Gasteiger partial charge in [0.1, 0.15) is 17.5 Å². The van der Waals surface area contributed by atoms with E-state index < -0.39 is 23.5 Å². The molecule has 5 nitrogen and oxygen atoms in total. The zero-order valence-electron chi connectivity index (χ0n) is 17.8. The Morgan fingerprint density at radius 2 is 1.65 bits per heavy atom. The van der Waals surface area contributed by atoms with Crippen molar-refractivity contribution < 1.29 is 17.7 Å². The second-order valence-electron chi connectivity index (χ2n) is 7.69. The second kappa shape index (κ2) is 8.75. The van der Waals surface area contributed by atoms with E-state index in [9.17, 15) is 13.2 Å². The van der Waals surface area contributed by atoms with Crippen LogP contribution < -0.4 is 10.2 Å². The topological polar surface area (TPSA) is 54.2 Å². The second-order valence-corrected chi connectivity index (χ2v) is 8.08. The molecule has 2 heterocycles.